The molecule has 2 aromatic rings. The lowest BCUT2D eigenvalue weighted by Gasteiger charge is -2.25. The van der Waals surface area contributed by atoms with E-state index in [0.717, 1.165) is 17.1 Å². The van der Waals surface area contributed by atoms with Gasteiger partial charge in [-0.15, -0.1) is 0 Å². The van der Waals surface area contributed by atoms with Crippen molar-refractivity contribution < 1.29 is 14.3 Å². The van der Waals surface area contributed by atoms with E-state index in [1.165, 1.54) is 5.56 Å². The van der Waals surface area contributed by atoms with Crippen molar-refractivity contribution in [2.45, 2.75) is 32.7 Å². The molecule has 2 aromatic carbocycles. The molecule has 6 nitrogen and oxygen atoms in total. The first kappa shape index (κ1) is 20.0. The molecule has 0 aromatic heterocycles. The van der Waals surface area contributed by atoms with E-state index in [1.54, 1.807) is 14.2 Å². The van der Waals surface area contributed by atoms with Crippen LogP contribution >= 0.6 is 0 Å². The van der Waals surface area contributed by atoms with Gasteiger partial charge >= 0.3 is 0 Å². The number of anilines is 2. The second-order valence-electron chi connectivity index (χ2n) is 7.34. The number of amidine groups is 1. The van der Waals surface area contributed by atoms with E-state index < -0.39 is 0 Å². The number of ether oxygens (including phenoxy) is 2. The van der Waals surface area contributed by atoms with Gasteiger partial charge in [0.15, 0.2) is 5.78 Å². The summed E-state index contributed by atoms with van der Waals surface area (Å²) >= 11 is 0. The Morgan fingerprint density at radius 2 is 1.80 bits per heavy atom. The summed E-state index contributed by atoms with van der Waals surface area (Å²) in [6.07, 6.45) is 1.37. The maximum Gasteiger partial charge on any atom is 0.191 e. The van der Waals surface area contributed by atoms with E-state index in [1.807, 2.05) is 55.1 Å². The van der Waals surface area contributed by atoms with E-state index in [0.29, 0.717) is 42.3 Å². The zero-order chi connectivity index (χ0) is 21.3. The molecule has 1 saturated heterocycles. The van der Waals surface area contributed by atoms with Crippen LogP contribution in [0.1, 0.15) is 25.8 Å². The summed E-state index contributed by atoms with van der Waals surface area (Å²) in [5.74, 6) is 2.16. The van der Waals surface area contributed by atoms with E-state index in [4.69, 9.17) is 14.5 Å². The molecule has 0 bridgehead atoms. The van der Waals surface area contributed by atoms with E-state index >= 15 is 0 Å². The average Bonchev–Trinajstić information content (AvgIpc) is 3.31. The quantitative estimate of drug-likeness (QED) is 0.755. The van der Waals surface area contributed by atoms with Gasteiger partial charge in [0.1, 0.15) is 17.3 Å². The van der Waals surface area contributed by atoms with Crippen LogP contribution in [0.5, 0.6) is 11.5 Å². The van der Waals surface area contributed by atoms with Gasteiger partial charge in [0.2, 0.25) is 0 Å². The standard InChI is InChI=1S/C24H27N3O3/c1-5-21-23(28)22(20-11-15-9-7-8-10-19(15)26-20)24(25-6-2)27(21)16-12-17(29-3)14-18(13-16)30-4/h7-10,12-14,21,26H,5-6,11H2,1-4H3/t21-/m0/s1. The first-order valence-electron chi connectivity index (χ1n) is 10.3. The number of rotatable bonds is 5. The van der Waals surface area contributed by atoms with Crippen molar-refractivity contribution in [1.29, 1.82) is 0 Å². The van der Waals surface area contributed by atoms with Gasteiger partial charge in [0.05, 0.1) is 31.5 Å². The maximum absolute atomic E-state index is 13.6. The topological polar surface area (TPSA) is 63.2 Å². The van der Waals surface area contributed by atoms with Gasteiger partial charge in [-0.25, -0.2) is 0 Å². The van der Waals surface area contributed by atoms with Gasteiger partial charge in [-0.05, 0) is 25.0 Å². The van der Waals surface area contributed by atoms with Crippen LogP contribution in [0, 0.1) is 0 Å². The van der Waals surface area contributed by atoms with E-state index in [2.05, 4.69) is 11.4 Å². The monoisotopic (exact) mass is 405 g/mol. The Morgan fingerprint density at radius 3 is 2.40 bits per heavy atom. The van der Waals surface area contributed by atoms with Gasteiger partial charge in [0, 0.05) is 42.5 Å². The predicted octanol–water partition coefficient (Wildman–Crippen LogP) is 4.21. The molecule has 2 aliphatic rings. The molecule has 30 heavy (non-hydrogen) atoms. The lowest BCUT2D eigenvalue weighted by molar-refractivity contribution is -0.115. The fourth-order valence-corrected chi connectivity index (χ4v) is 4.20. The minimum absolute atomic E-state index is 0.0989. The van der Waals surface area contributed by atoms with Crippen LogP contribution in [0.15, 0.2) is 58.7 Å². The SMILES string of the molecule is CCN=C1C(=C2Cc3ccccc3N2)C(=O)[C@H](CC)N1c1cc(OC)cc(OC)c1. The number of benzene rings is 2. The minimum Gasteiger partial charge on any atom is -0.497 e. The molecule has 156 valence electrons. The summed E-state index contributed by atoms with van der Waals surface area (Å²) in [5.41, 5.74) is 4.69. The normalized spacial score (nSPS) is 21.7. The molecular formula is C24H27N3O3. The van der Waals surface area contributed by atoms with Crippen LogP contribution in [0.4, 0.5) is 11.4 Å². The summed E-state index contributed by atoms with van der Waals surface area (Å²) in [5, 5.41) is 3.46. The molecule has 0 spiro atoms. The largest absolute Gasteiger partial charge is 0.497 e. The zero-order valence-corrected chi connectivity index (χ0v) is 17.9. The summed E-state index contributed by atoms with van der Waals surface area (Å²) in [6.45, 7) is 4.60. The zero-order valence-electron chi connectivity index (χ0n) is 17.9. The van der Waals surface area contributed by atoms with Crippen LogP contribution in [0.2, 0.25) is 0 Å². The van der Waals surface area contributed by atoms with Gasteiger partial charge in [-0.2, -0.15) is 0 Å². The van der Waals surface area contributed by atoms with Crippen LogP contribution < -0.4 is 19.7 Å². The van der Waals surface area contributed by atoms with Crippen LogP contribution in [0.3, 0.4) is 0 Å². The Bertz CT molecular complexity index is 992. The van der Waals surface area contributed by atoms with Crippen LogP contribution in [0.25, 0.3) is 0 Å². The molecule has 1 N–H and O–H groups in total. The van der Waals surface area contributed by atoms with Crippen LogP contribution in [-0.4, -0.2) is 38.4 Å². The molecule has 0 radical (unpaired) electrons. The summed E-state index contributed by atoms with van der Waals surface area (Å²) in [4.78, 5) is 20.4. The van der Waals surface area contributed by atoms with Crippen molar-refractivity contribution in [3.63, 3.8) is 0 Å². The van der Waals surface area contributed by atoms with Crippen molar-refractivity contribution in [3.8, 4) is 11.5 Å². The molecular weight excluding hydrogens is 378 g/mol. The van der Waals surface area contributed by atoms with Crippen molar-refractivity contribution in [2.75, 3.05) is 31.0 Å². The fraction of sp³-hybridized carbons (Fsp3) is 0.333. The Hall–Kier alpha value is -3.28. The third-order valence-corrected chi connectivity index (χ3v) is 5.59. The lowest BCUT2D eigenvalue weighted by Crippen LogP contribution is -2.35. The van der Waals surface area contributed by atoms with Gasteiger partial charge in [-0.1, -0.05) is 25.1 Å². The Kier molecular flexibility index (Phi) is 5.48. The summed E-state index contributed by atoms with van der Waals surface area (Å²) in [7, 11) is 3.25. The van der Waals surface area contributed by atoms with Crippen LogP contribution in [-0.2, 0) is 11.2 Å². The Labute approximate surface area is 177 Å². The number of fused-ring (bicyclic) bond motifs is 1. The first-order chi connectivity index (χ1) is 14.6. The highest BCUT2D eigenvalue weighted by Crippen LogP contribution is 2.38. The molecule has 4 rings (SSSR count). The molecule has 0 amide bonds. The summed E-state index contributed by atoms with van der Waals surface area (Å²) in [6, 6.07) is 13.5. The minimum atomic E-state index is -0.319. The van der Waals surface area contributed by atoms with E-state index in [9.17, 15) is 4.79 Å². The van der Waals surface area contributed by atoms with Crippen molar-refractivity contribution in [1.82, 2.24) is 0 Å². The highest BCUT2D eigenvalue weighted by Gasteiger charge is 2.43. The highest BCUT2D eigenvalue weighted by molar-refractivity contribution is 6.36. The third-order valence-electron chi connectivity index (χ3n) is 5.59. The molecule has 2 aliphatic heterocycles. The van der Waals surface area contributed by atoms with Gasteiger partial charge < -0.3 is 19.7 Å². The Balaban J connectivity index is 1.85. The third kappa shape index (κ3) is 3.32. The Morgan fingerprint density at radius 1 is 1.10 bits per heavy atom. The number of allylic oxidation sites excluding steroid dienone is 1. The second-order valence-corrected chi connectivity index (χ2v) is 7.34. The number of aliphatic imine (C=N–C) groups is 1. The number of hydrogen-bond donors (Lipinski definition) is 1. The van der Waals surface area contributed by atoms with Crippen molar-refractivity contribution in [3.05, 3.63) is 59.3 Å². The fourth-order valence-electron chi connectivity index (χ4n) is 4.20. The maximum atomic E-state index is 13.6. The number of ketones is 1. The van der Waals surface area contributed by atoms with E-state index in [-0.39, 0.29) is 11.8 Å². The molecule has 1 fully saturated rings. The van der Waals surface area contributed by atoms with Crippen molar-refractivity contribution in [2.24, 2.45) is 4.99 Å². The second kappa shape index (κ2) is 8.22. The lowest BCUT2D eigenvalue weighted by atomic mass is 10.0. The molecule has 0 aliphatic carbocycles. The molecule has 6 heteroatoms. The molecule has 2 heterocycles. The highest BCUT2D eigenvalue weighted by atomic mass is 16.5. The van der Waals surface area contributed by atoms with Gasteiger partial charge in [-0.3, -0.25) is 9.79 Å². The summed E-state index contributed by atoms with van der Waals surface area (Å²) < 4.78 is 10.9. The number of carbonyl (C=O) groups excluding carboxylic acids is 1. The van der Waals surface area contributed by atoms with Gasteiger partial charge in [0.25, 0.3) is 0 Å². The number of methoxy groups -OCH3 is 2. The predicted molar refractivity (Wildman–Crippen MR) is 120 cm³/mol. The number of Topliss-reactive ketones (excluding diaryl/α,β-unsaturated/α-hetero) is 1. The number of para-hydroxylation sites is 1. The smallest absolute Gasteiger partial charge is 0.191 e. The number of hydrogen-bond acceptors (Lipinski definition) is 5. The average molecular weight is 405 g/mol. The molecule has 0 unspecified atom stereocenters. The van der Waals surface area contributed by atoms with Crippen molar-refractivity contribution >= 4 is 23.0 Å². The molecule has 1 atom stereocenters. The number of carbonyl (C=O) groups is 1. The number of nitrogens with one attached hydrogen (secondary N) is 1. The molecule has 0 saturated carbocycles. The first-order valence-corrected chi connectivity index (χ1v) is 10.3. The number of nitrogens with zero attached hydrogens (tertiary/aromatic N) is 2.